The number of nitrogens with one attached hydrogen (secondary N) is 1. The Hall–Kier alpha value is -4.60. The summed E-state index contributed by atoms with van der Waals surface area (Å²) in [7, 11) is -1.74. The first-order chi connectivity index (χ1) is 25.9. The molecule has 0 radical (unpaired) electrons. The number of ether oxygens (including phenoxy) is 3. The van der Waals surface area contributed by atoms with Crippen LogP contribution in [0.2, 0.25) is 0 Å². The van der Waals surface area contributed by atoms with E-state index >= 15 is 0 Å². The van der Waals surface area contributed by atoms with E-state index in [1.54, 1.807) is 29.6 Å². The van der Waals surface area contributed by atoms with Crippen LogP contribution >= 0.6 is 10.8 Å². The van der Waals surface area contributed by atoms with Crippen LogP contribution in [0.3, 0.4) is 0 Å². The Morgan fingerprint density at radius 3 is 2.56 bits per heavy atom. The molecule has 0 spiro atoms. The quantitative estimate of drug-likeness (QED) is 0.0976. The molecule has 14 heteroatoms. The predicted octanol–water partition coefficient (Wildman–Crippen LogP) is 7.31. The maximum atomic E-state index is 13.9. The smallest absolute Gasteiger partial charge is 0.316 e. The van der Waals surface area contributed by atoms with Crippen LogP contribution in [-0.4, -0.2) is 82.8 Å². The van der Waals surface area contributed by atoms with Gasteiger partial charge < -0.3 is 19.5 Å². The number of benzene rings is 3. The zero-order valence-corrected chi connectivity index (χ0v) is 32.9. The van der Waals surface area contributed by atoms with E-state index in [1.165, 1.54) is 12.4 Å². The highest BCUT2D eigenvalue weighted by Gasteiger charge is 2.38. The van der Waals surface area contributed by atoms with Crippen molar-refractivity contribution in [2.24, 2.45) is 0 Å². The van der Waals surface area contributed by atoms with Crippen molar-refractivity contribution in [2.75, 3.05) is 26.9 Å². The second-order valence-corrected chi connectivity index (χ2v) is 16.2. The molecule has 1 amide bonds. The molecule has 0 unspecified atom stereocenters. The lowest BCUT2D eigenvalue weighted by atomic mass is 9.74. The van der Waals surface area contributed by atoms with Gasteiger partial charge in [-0.15, -0.1) is 15.9 Å². The van der Waals surface area contributed by atoms with Gasteiger partial charge in [0.1, 0.15) is 22.3 Å². The van der Waals surface area contributed by atoms with Gasteiger partial charge in [-0.2, -0.15) is 4.31 Å². The van der Waals surface area contributed by atoms with Crippen LogP contribution in [0.5, 0.6) is 11.8 Å². The monoisotopic (exact) mass is 757 g/mol. The number of nitrogens with zero attached hydrogens (tertiary/aromatic N) is 6. The Kier molecular flexibility index (Phi) is 11.9. The summed E-state index contributed by atoms with van der Waals surface area (Å²) >= 11 is 0. The normalized spacial score (nSPS) is 16.9. The van der Waals surface area contributed by atoms with Crippen LogP contribution in [0, 0.1) is 13.8 Å². The number of aromatic nitrogens is 5. The number of hydrogen-bond donors (Lipinski definition) is 3. The molecule has 0 aliphatic carbocycles. The summed E-state index contributed by atoms with van der Waals surface area (Å²) in [6.45, 7) is 14.4. The van der Waals surface area contributed by atoms with Crippen molar-refractivity contribution in [2.45, 2.75) is 89.9 Å². The van der Waals surface area contributed by atoms with Gasteiger partial charge in [-0.1, -0.05) is 48.5 Å². The molecule has 3 heterocycles. The Balaban J connectivity index is 1.37. The van der Waals surface area contributed by atoms with Gasteiger partial charge in [0.15, 0.2) is 0 Å². The highest BCUT2D eigenvalue weighted by molar-refractivity contribution is 8.22. The fourth-order valence-corrected chi connectivity index (χ4v) is 8.70. The molecule has 1 aliphatic rings. The summed E-state index contributed by atoms with van der Waals surface area (Å²) in [5, 5.41) is 12.2. The van der Waals surface area contributed by atoms with E-state index in [0.29, 0.717) is 55.4 Å². The first-order valence-electron chi connectivity index (χ1n) is 18.3. The largest absolute Gasteiger partial charge is 0.487 e. The first kappa shape index (κ1) is 39.1. The molecular weight excluding hydrogens is 707 g/mol. The van der Waals surface area contributed by atoms with Crippen LogP contribution in [0.4, 0.5) is 0 Å². The number of rotatable bonds is 14. The second kappa shape index (κ2) is 16.4. The van der Waals surface area contributed by atoms with Gasteiger partial charge in [-0.3, -0.25) is 13.9 Å². The SMILES string of the molecule is CC[C@@H]1CN(Cc2cc([C@@H](c3ccc4c(nnn4CC)c3C)C(C)(C)NC(=O)c3cnc(OCCCOC)nc3)ccc2C)S(O)(O)c2ccccc2O1. The average molecular weight is 758 g/mol. The number of carbonyl (C=O) groups is 1. The summed E-state index contributed by atoms with van der Waals surface area (Å²) in [6.07, 6.45) is 4.11. The lowest BCUT2D eigenvalue weighted by Crippen LogP contribution is -2.48. The van der Waals surface area contributed by atoms with E-state index in [1.807, 2.05) is 58.4 Å². The summed E-state index contributed by atoms with van der Waals surface area (Å²) in [5.41, 5.74) is 5.99. The number of amides is 1. The molecule has 0 bridgehead atoms. The number of carbonyl (C=O) groups excluding carboxylic acids is 1. The summed E-state index contributed by atoms with van der Waals surface area (Å²) in [4.78, 5) is 22.8. The molecule has 13 nitrogen and oxygen atoms in total. The maximum absolute atomic E-state index is 13.9. The average Bonchev–Trinajstić information content (AvgIpc) is 3.55. The second-order valence-electron chi connectivity index (χ2n) is 14.2. The van der Waals surface area contributed by atoms with E-state index in [0.717, 1.165) is 38.9 Å². The van der Waals surface area contributed by atoms with Gasteiger partial charge in [-0.25, -0.2) is 14.6 Å². The van der Waals surface area contributed by atoms with Crippen molar-refractivity contribution < 1.29 is 28.1 Å². The Bertz CT molecular complexity index is 2090. The van der Waals surface area contributed by atoms with Gasteiger partial charge >= 0.3 is 6.01 Å². The van der Waals surface area contributed by atoms with Gasteiger partial charge in [0, 0.05) is 57.1 Å². The summed E-state index contributed by atoms with van der Waals surface area (Å²) in [6, 6.07) is 17.7. The fourth-order valence-electron chi connectivity index (χ4n) is 7.08. The zero-order valence-electron chi connectivity index (χ0n) is 32.1. The Morgan fingerprint density at radius 2 is 1.83 bits per heavy atom. The maximum Gasteiger partial charge on any atom is 0.316 e. The van der Waals surface area contributed by atoms with Crippen LogP contribution in [-0.2, 0) is 17.8 Å². The number of aryl methyl sites for hydroxylation is 3. The Labute approximate surface area is 318 Å². The fraction of sp³-hybridized carbons (Fsp3) is 0.425. The van der Waals surface area contributed by atoms with Crippen LogP contribution in [0.1, 0.15) is 84.6 Å². The van der Waals surface area contributed by atoms with E-state index < -0.39 is 16.3 Å². The van der Waals surface area contributed by atoms with Crippen LogP contribution < -0.4 is 14.8 Å². The molecule has 288 valence electrons. The molecule has 0 saturated carbocycles. The van der Waals surface area contributed by atoms with E-state index in [9.17, 15) is 13.9 Å². The van der Waals surface area contributed by atoms with Crippen molar-refractivity contribution in [3.05, 3.63) is 100 Å². The molecule has 2 aromatic heterocycles. The molecule has 3 aromatic carbocycles. The number of hydrogen-bond acceptors (Lipinski definition) is 11. The van der Waals surface area contributed by atoms with Crippen LogP contribution in [0.25, 0.3) is 11.0 Å². The third-order valence-corrected chi connectivity index (χ3v) is 12.0. The van der Waals surface area contributed by atoms with E-state index in [-0.39, 0.29) is 30.5 Å². The van der Waals surface area contributed by atoms with Crippen molar-refractivity contribution in [1.82, 2.24) is 34.6 Å². The van der Waals surface area contributed by atoms with Crippen molar-refractivity contribution in [3.8, 4) is 11.8 Å². The van der Waals surface area contributed by atoms with Crippen LogP contribution in [0.15, 0.2) is 71.9 Å². The zero-order chi connectivity index (χ0) is 38.6. The number of para-hydroxylation sites is 1. The molecule has 2 atom stereocenters. The molecule has 5 aromatic rings. The topological polar surface area (TPSA) is 157 Å². The highest BCUT2D eigenvalue weighted by atomic mass is 32.3. The summed E-state index contributed by atoms with van der Waals surface area (Å²) < 4.78 is 44.1. The molecule has 1 aliphatic heterocycles. The predicted molar refractivity (Wildman–Crippen MR) is 209 cm³/mol. The van der Waals surface area contributed by atoms with Gasteiger partial charge in [0.2, 0.25) is 0 Å². The number of methoxy groups -OCH3 is 1. The van der Waals surface area contributed by atoms with E-state index in [4.69, 9.17) is 14.2 Å². The molecule has 0 saturated heterocycles. The van der Waals surface area contributed by atoms with Gasteiger partial charge in [0.25, 0.3) is 5.91 Å². The van der Waals surface area contributed by atoms with Gasteiger partial charge in [0.05, 0.1) is 24.2 Å². The lowest BCUT2D eigenvalue weighted by molar-refractivity contribution is 0.0904. The molecule has 0 fully saturated rings. The van der Waals surface area contributed by atoms with Gasteiger partial charge in [-0.05, 0) is 87.1 Å². The van der Waals surface area contributed by atoms with Crippen molar-refractivity contribution >= 4 is 27.7 Å². The van der Waals surface area contributed by atoms with Crippen molar-refractivity contribution in [3.63, 3.8) is 0 Å². The van der Waals surface area contributed by atoms with E-state index in [2.05, 4.69) is 49.9 Å². The Morgan fingerprint density at radius 1 is 1.07 bits per heavy atom. The third-order valence-electron chi connectivity index (χ3n) is 10.1. The molecule has 6 rings (SSSR count). The minimum absolute atomic E-state index is 0.192. The highest BCUT2D eigenvalue weighted by Crippen LogP contribution is 2.57. The minimum atomic E-state index is -3.37. The lowest BCUT2D eigenvalue weighted by Gasteiger charge is -2.42. The standard InChI is InChI=1S/C40H51N7O6S/c1-8-31-25-46(54(49,50)35-14-11-10-13-34(35)53-31)24-29-21-28(16-15-26(29)3)36(32-17-18-33-37(27(32)4)44-45-47(33)9-2)40(5,6)43-38(48)30-22-41-39(42-23-30)52-20-12-19-51-7/h10-11,13-18,21-23,31,36,49-50H,8-9,12,19-20,24-25H2,1-7H3,(H,43,48)/t31-,36+/m1/s1. The van der Waals surface area contributed by atoms with Crippen molar-refractivity contribution in [1.29, 1.82) is 0 Å². The molecular formula is C40H51N7O6S. The minimum Gasteiger partial charge on any atom is -0.487 e. The third kappa shape index (κ3) is 8.08. The molecule has 54 heavy (non-hydrogen) atoms. The molecule has 3 N–H and O–H groups in total. The first-order valence-corrected chi connectivity index (χ1v) is 19.9. The number of fused-ring (bicyclic) bond motifs is 2. The summed E-state index contributed by atoms with van der Waals surface area (Å²) in [5.74, 6) is -0.199.